The fourth-order valence-corrected chi connectivity index (χ4v) is 5.97. The highest BCUT2D eigenvalue weighted by atomic mass is 31.2. The second kappa shape index (κ2) is 44.4. The molecule has 0 spiro atoms. The van der Waals surface area contributed by atoms with Crippen molar-refractivity contribution in [2.45, 2.75) is 154 Å². The fourth-order valence-electron chi connectivity index (χ4n) is 5.18. The summed E-state index contributed by atoms with van der Waals surface area (Å²) in [4.78, 5) is 35.0. The number of phosphoric ester groups is 1. The Bertz CT molecular complexity index is 1420. The van der Waals surface area contributed by atoms with Crippen LogP contribution in [0.4, 0.5) is 0 Å². The van der Waals surface area contributed by atoms with E-state index in [0.717, 1.165) is 77.0 Å². The highest BCUT2D eigenvalue weighted by Crippen LogP contribution is 2.43. The molecular weight excluding hydrogens is 792 g/mol. The predicted molar refractivity (Wildman–Crippen MR) is 251 cm³/mol. The smallest absolute Gasteiger partial charge is 0.462 e. The largest absolute Gasteiger partial charge is 0.472 e. The highest BCUT2D eigenvalue weighted by molar-refractivity contribution is 7.47. The summed E-state index contributed by atoms with van der Waals surface area (Å²) in [7, 11) is -4.66. The number of unbranched alkanes of at least 4 members (excludes halogenated alkanes) is 6. The molecule has 1 unspecified atom stereocenters. The molecule has 344 valence electrons. The van der Waals surface area contributed by atoms with Crippen molar-refractivity contribution >= 4 is 19.8 Å². The van der Waals surface area contributed by atoms with Gasteiger partial charge in [0.1, 0.15) is 12.7 Å². The van der Waals surface area contributed by atoms with Crippen LogP contribution in [0.5, 0.6) is 0 Å². The number of rotatable bonds is 40. The van der Waals surface area contributed by atoms with Crippen LogP contribution in [-0.4, -0.2) is 65.7 Å². The number of allylic oxidation sites excluding steroid dienone is 20. The zero-order chi connectivity index (χ0) is 44.8. The number of aliphatic hydroxyl groups excluding tert-OH is 2. The number of aliphatic hydroxyl groups is 2. The minimum atomic E-state index is -4.66. The van der Waals surface area contributed by atoms with Crippen LogP contribution in [-0.2, 0) is 32.7 Å². The average Bonchev–Trinajstić information content (AvgIpc) is 3.25. The number of hydrogen-bond acceptors (Lipinski definition) is 9. The Hall–Kier alpha value is -3.63. The van der Waals surface area contributed by atoms with Crippen LogP contribution in [0.3, 0.4) is 0 Å². The molecule has 0 aromatic carbocycles. The Labute approximate surface area is 368 Å². The third-order valence-corrected chi connectivity index (χ3v) is 9.56. The van der Waals surface area contributed by atoms with Crippen molar-refractivity contribution in [1.82, 2.24) is 0 Å². The molecule has 0 aliphatic rings. The van der Waals surface area contributed by atoms with E-state index in [1.54, 1.807) is 0 Å². The third kappa shape index (κ3) is 44.2. The molecule has 0 heterocycles. The van der Waals surface area contributed by atoms with Crippen LogP contribution in [0, 0.1) is 0 Å². The summed E-state index contributed by atoms with van der Waals surface area (Å²) in [6.45, 7) is 2.09. The van der Waals surface area contributed by atoms with Crippen molar-refractivity contribution in [1.29, 1.82) is 0 Å². The fraction of sp³-hybridized carbons (Fsp3) is 0.560. The van der Waals surface area contributed by atoms with Gasteiger partial charge in [-0.1, -0.05) is 155 Å². The maximum atomic E-state index is 12.6. The molecule has 3 N–H and O–H groups in total. The van der Waals surface area contributed by atoms with Crippen molar-refractivity contribution in [3.8, 4) is 0 Å². The van der Waals surface area contributed by atoms with Gasteiger partial charge in [0, 0.05) is 12.8 Å². The predicted octanol–water partition coefficient (Wildman–Crippen LogP) is 12.3. The van der Waals surface area contributed by atoms with Gasteiger partial charge in [-0.25, -0.2) is 4.57 Å². The van der Waals surface area contributed by atoms with Crippen LogP contribution >= 0.6 is 7.82 Å². The Balaban J connectivity index is 4.49. The van der Waals surface area contributed by atoms with Crippen molar-refractivity contribution in [2.24, 2.45) is 0 Å². The van der Waals surface area contributed by atoms with Gasteiger partial charge in [-0.2, -0.15) is 0 Å². The van der Waals surface area contributed by atoms with Gasteiger partial charge in [-0.15, -0.1) is 0 Å². The summed E-state index contributed by atoms with van der Waals surface area (Å²) in [5.74, 6) is -1.07. The van der Waals surface area contributed by atoms with E-state index in [2.05, 4.69) is 128 Å². The van der Waals surface area contributed by atoms with Gasteiger partial charge in [0.15, 0.2) is 6.10 Å². The van der Waals surface area contributed by atoms with E-state index in [4.69, 9.17) is 19.1 Å². The van der Waals surface area contributed by atoms with E-state index in [1.165, 1.54) is 25.7 Å². The summed E-state index contributed by atoms with van der Waals surface area (Å²) >= 11 is 0. The molecule has 0 radical (unpaired) electrons. The summed E-state index contributed by atoms with van der Waals surface area (Å²) in [6.07, 6.45) is 57.5. The van der Waals surface area contributed by atoms with Gasteiger partial charge >= 0.3 is 19.8 Å². The van der Waals surface area contributed by atoms with Gasteiger partial charge < -0.3 is 24.6 Å². The van der Waals surface area contributed by atoms with Crippen LogP contribution in [0.25, 0.3) is 0 Å². The molecule has 3 atom stereocenters. The zero-order valence-electron chi connectivity index (χ0n) is 37.3. The molecule has 0 rings (SSSR count). The van der Waals surface area contributed by atoms with E-state index < -0.39 is 51.8 Å². The summed E-state index contributed by atoms with van der Waals surface area (Å²) in [6, 6.07) is 0. The van der Waals surface area contributed by atoms with Crippen molar-refractivity contribution in [3.05, 3.63) is 122 Å². The lowest BCUT2D eigenvalue weighted by molar-refractivity contribution is -0.161. The monoisotopic (exact) mass is 871 g/mol. The molecule has 0 aromatic rings. The molecule has 0 amide bonds. The Morgan fingerprint density at radius 2 is 0.934 bits per heavy atom. The quantitative estimate of drug-likeness (QED) is 0.0235. The van der Waals surface area contributed by atoms with Gasteiger partial charge in [0.25, 0.3) is 0 Å². The molecule has 0 bridgehead atoms. The third-order valence-electron chi connectivity index (χ3n) is 8.61. The van der Waals surface area contributed by atoms with Gasteiger partial charge in [0.2, 0.25) is 0 Å². The van der Waals surface area contributed by atoms with E-state index in [9.17, 15) is 24.2 Å². The number of ether oxygens (including phenoxy) is 2. The average molecular weight is 871 g/mol. The SMILES string of the molecule is CC/C=C\C/C=C\C/C=C\C/C=C\C/C=C\C/C=C\CCC(=O)O[C@H](COC(=O)CCCCC/C=C\C/C=C\C/C=C\C/C=C\CCCCC)COP(=O)(O)OC[C@@H](O)CO. The van der Waals surface area contributed by atoms with Gasteiger partial charge in [0.05, 0.1) is 19.8 Å². The molecule has 10 nitrogen and oxygen atoms in total. The first kappa shape index (κ1) is 57.4. The number of phosphoric acid groups is 1. The highest BCUT2D eigenvalue weighted by Gasteiger charge is 2.27. The maximum Gasteiger partial charge on any atom is 0.472 e. The minimum absolute atomic E-state index is 0.0437. The molecule has 0 aliphatic heterocycles. The lowest BCUT2D eigenvalue weighted by Gasteiger charge is -2.20. The van der Waals surface area contributed by atoms with Gasteiger partial charge in [-0.3, -0.25) is 18.6 Å². The lowest BCUT2D eigenvalue weighted by atomic mass is 10.1. The van der Waals surface area contributed by atoms with Crippen LogP contribution < -0.4 is 0 Å². The second-order valence-electron chi connectivity index (χ2n) is 14.3. The Kier molecular flexibility index (Phi) is 41.8. The summed E-state index contributed by atoms with van der Waals surface area (Å²) < 4.78 is 32.6. The molecular formula is C50H79O10P. The minimum Gasteiger partial charge on any atom is -0.462 e. The molecule has 0 aliphatic carbocycles. The Morgan fingerprint density at radius 1 is 0.508 bits per heavy atom. The van der Waals surface area contributed by atoms with E-state index in [1.807, 2.05) is 12.2 Å². The number of carbonyl (C=O) groups is 2. The number of esters is 2. The van der Waals surface area contributed by atoms with Crippen LogP contribution in [0.15, 0.2) is 122 Å². The molecule has 61 heavy (non-hydrogen) atoms. The lowest BCUT2D eigenvalue weighted by Crippen LogP contribution is -2.29. The molecule has 11 heteroatoms. The van der Waals surface area contributed by atoms with E-state index in [0.29, 0.717) is 12.8 Å². The summed E-state index contributed by atoms with van der Waals surface area (Å²) in [5.41, 5.74) is 0. The molecule has 0 fully saturated rings. The van der Waals surface area contributed by atoms with E-state index >= 15 is 0 Å². The van der Waals surface area contributed by atoms with Crippen molar-refractivity contribution < 1.29 is 47.8 Å². The van der Waals surface area contributed by atoms with Crippen molar-refractivity contribution in [3.63, 3.8) is 0 Å². The normalized spacial score (nSPS) is 14.9. The standard InChI is InChI=1S/C50H79O10P/c1-3-5-7-9-11-13-15-17-19-21-23-25-27-29-31-33-35-37-39-41-49(53)57-45-48(46-59-61(55,56)58-44-47(52)43-51)60-50(54)42-40-38-36-34-32-30-28-26-24-22-20-18-16-14-12-10-8-6-4-2/h6,8,11-14,17-20,23-26,29-32,36,38,47-48,51-52H,3-5,7,9-10,15-16,21-22,27-28,33-35,37,39-46H2,1-2H3,(H,55,56)/b8-6-,13-11-,14-12-,19-17-,20-18-,25-23-,26-24-,31-29-,32-30-,38-36-/t47-,48+/m0/s1. The van der Waals surface area contributed by atoms with E-state index in [-0.39, 0.29) is 19.4 Å². The topological polar surface area (TPSA) is 149 Å². The Morgan fingerprint density at radius 3 is 1.39 bits per heavy atom. The maximum absolute atomic E-state index is 12.6. The molecule has 0 saturated heterocycles. The zero-order valence-corrected chi connectivity index (χ0v) is 38.2. The van der Waals surface area contributed by atoms with Crippen molar-refractivity contribution in [2.75, 3.05) is 26.4 Å². The first-order valence-corrected chi connectivity index (χ1v) is 24.0. The first-order chi connectivity index (χ1) is 29.7. The van der Waals surface area contributed by atoms with Crippen LogP contribution in [0.2, 0.25) is 0 Å². The number of hydrogen-bond donors (Lipinski definition) is 3. The molecule has 0 saturated carbocycles. The first-order valence-electron chi connectivity index (χ1n) is 22.5. The molecule has 0 aromatic heterocycles. The van der Waals surface area contributed by atoms with Gasteiger partial charge in [-0.05, 0) is 96.3 Å². The number of carbonyl (C=O) groups excluding carboxylic acids is 2. The summed E-state index contributed by atoms with van der Waals surface area (Å²) in [5, 5.41) is 18.3. The second-order valence-corrected chi connectivity index (χ2v) is 15.8. The van der Waals surface area contributed by atoms with Crippen LogP contribution in [0.1, 0.15) is 142 Å².